The summed E-state index contributed by atoms with van der Waals surface area (Å²) < 4.78 is 10.6. The van der Waals surface area contributed by atoms with Gasteiger partial charge in [0, 0.05) is 36.2 Å². The molecule has 5 N–H and O–H groups in total. The van der Waals surface area contributed by atoms with Gasteiger partial charge in [-0.05, 0) is 44.0 Å². The lowest BCUT2D eigenvalue weighted by Gasteiger charge is -2.33. The van der Waals surface area contributed by atoms with Crippen LogP contribution in [0, 0.1) is 5.92 Å². The van der Waals surface area contributed by atoms with Crippen LogP contribution in [0.15, 0.2) is 36.4 Å². The largest absolute Gasteiger partial charge is 0.496 e. The summed E-state index contributed by atoms with van der Waals surface area (Å²) in [6, 6.07) is 10.4. The lowest BCUT2D eigenvalue weighted by molar-refractivity contribution is 0.0841. The zero-order chi connectivity index (χ0) is 24.7. The van der Waals surface area contributed by atoms with Gasteiger partial charge < -0.3 is 31.2 Å². The molecule has 0 bridgehead atoms. The molecular formula is C24H30Cl2N4O4. The lowest BCUT2D eigenvalue weighted by atomic mass is 9.96. The standard InChI is InChI=1S/C24H30Cl2N4O4/c1-33-22-13-20(27)19(26)12-17(22)23(31)29-14-15-6-9-30(10-7-15)11-8-21(34-24(28)32)16-4-2-3-5-18(16)25/h2-5,12-13,15,21H,6-11,14,27H2,1H3,(H2,28,32)(H,29,31). The first-order valence-corrected chi connectivity index (χ1v) is 11.9. The lowest BCUT2D eigenvalue weighted by Crippen LogP contribution is -2.39. The number of hydrogen-bond acceptors (Lipinski definition) is 6. The summed E-state index contributed by atoms with van der Waals surface area (Å²) in [5.74, 6) is 0.504. The minimum Gasteiger partial charge on any atom is -0.496 e. The molecule has 8 nitrogen and oxygen atoms in total. The molecule has 1 aliphatic rings. The SMILES string of the molecule is COc1cc(N)c(Cl)cc1C(=O)NCC1CCN(CCC(OC(N)=O)c2ccccc2Cl)CC1. The highest BCUT2D eigenvalue weighted by atomic mass is 35.5. The molecule has 184 valence electrons. The third-order valence-electron chi connectivity index (χ3n) is 6.04. The van der Waals surface area contributed by atoms with Crippen molar-refractivity contribution >= 4 is 40.9 Å². The number of halogens is 2. The second-order valence-electron chi connectivity index (χ2n) is 8.30. The fourth-order valence-electron chi connectivity index (χ4n) is 4.12. The topological polar surface area (TPSA) is 120 Å². The van der Waals surface area contributed by atoms with Crippen LogP contribution in [0.4, 0.5) is 10.5 Å². The van der Waals surface area contributed by atoms with E-state index in [4.69, 9.17) is 44.1 Å². The number of anilines is 1. The zero-order valence-electron chi connectivity index (χ0n) is 19.1. The quantitative estimate of drug-likeness (QED) is 0.435. The number of hydrogen-bond donors (Lipinski definition) is 3. The van der Waals surface area contributed by atoms with E-state index < -0.39 is 12.2 Å². The molecule has 1 fully saturated rings. The Kier molecular flexibility index (Phi) is 9.27. The second kappa shape index (κ2) is 12.1. The molecule has 2 aromatic rings. The van der Waals surface area contributed by atoms with Crippen LogP contribution in [0.2, 0.25) is 10.0 Å². The Bertz CT molecular complexity index is 1010. The van der Waals surface area contributed by atoms with Crippen molar-refractivity contribution in [2.45, 2.75) is 25.4 Å². The predicted molar refractivity (Wildman–Crippen MR) is 133 cm³/mol. The molecule has 1 unspecified atom stereocenters. The number of benzene rings is 2. The second-order valence-corrected chi connectivity index (χ2v) is 9.12. The summed E-state index contributed by atoms with van der Waals surface area (Å²) in [6.07, 6.45) is 1.15. The van der Waals surface area contributed by atoms with Gasteiger partial charge in [0.1, 0.15) is 11.9 Å². The molecule has 34 heavy (non-hydrogen) atoms. The Morgan fingerprint density at radius 1 is 1.18 bits per heavy atom. The first kappa shape index (κ1) is 25.9. The van der Waals surface area contributed by atoms with Crippen LogP contribution in [-0.2, 0) is 4.74 Å². The molecule has 3 rings (SSSR count). The first-order chi connectivity index (χ1) is 16.3. The number of nitrogens with one attached hydrogen (secondary N) is 1. The van der Waals surface area contributed by atoms with E-state index in [1.807, 2.05) is 18.2 Å². The summed E-state index contributed by atoms with van der Waals surface area (Å²) in [5, 5.41) is 3.84. The Morgan fingerprint density at radius 3 is 2.53 bits per heavy atom. The molecule has 2 aromatic carbocycles. The average molecular weight is 509 g/mol. The normalized spacial score (nSPS) is 15.5. The molecular weight excluding hydrogens is 479 g/mol. The van der Waals surface area contributed by atoms with Crippen molar-refractivity contribution in [1.82, 2.24) is 10.2 Å². The van der Waals surface area contributed by atoms with Gasteiger partial charge in [-0.2, -0.15) is 0 Å². The molecule has 0 spiro atoms. The van der Waals surface area contributed by atoms with E-state index in [9.17, 15) is 9.59 Å². The van der Waals surface area contributed by atoms with Gasteiger partial charge in [0.25, 0.3) is 5.91 Å². The van der Waals surface area contributed by atoms with Crippen molar-refractivity contribution in [2.24, 2.45) is 11.7 Å². The van der Waals surface area contributed by atoms with E-state index >= 15 is 0 Å². The Morgan fingerprint density at radius 2 is 1.88 bits per heavy atom. The fourth-order valence-corrected chi connectivity index (χ4v) is 4.54. The molecule has 1 aliphatic heterocycles. The maximum atomic E-state index is 12.7. The van der Waals surface area contributed by atoms with Gasteiger partial charge in [-0.1, -0.05) is 41.4 Å². The van der Waals surface area contributed by atoms with E-state index in [2.05, 4.69) is 10.2 Å². The van der Waals surface area contributed by atoms with Gasteiger partial charge in [0.2, 0.25) is 0 Å². The minimum atomic E-state index is -0.821. The number of likely N-dealkylation sites (tertiary alicyclic amines) is 1. The average Bonchev–Trinajstić information content (AvgIpc) is 2.82. The van der Waals surface area contributed by atoms with Crippen LogP contribution in [0.1, 0.15) is 41.3 Å². The van der Waals surface area contributed by atoms with Gasteiger partial charge in [-0.3, -0.25) is 4.79 Å². The van der Waals surface area contributed by atoms with Crippen molar-refractivity contribution in [1.29, 1.82) is 0 Å². The summed E-state index contributed by atoms with van der Waals surface area (Å²) in [7, 11) is 1.49. The highest BCUT2D eigenvalue weighted by Crippen LogP contribution is 2.30. The van der Waals surface area contributed by atoms with Crippen molar-refractivity contribution in [3.63, 3.8) is 0 Å². The van der Waals surface area contributed by atoms with Crippen molar-refractivity contribution in [3.05, 3.63) is 57.6 Å². The van der Waals surface area contributed by atoms with Crippen LogP contribution in [0.3, 0.4) is 0 Å². The van der Waals surface area contributed by atoms with Crippen molar-refractivity contribution in [2.75, 3.05) is 39.0 Å². The molecule has 1 saturated heterocycles. The number of nitrogens with two attached hydrogens (primary N) is 2. The number of carbonyl (C=O) groups is 2. The summed E-state index contributed by atoms with van der Waals surface area (Å²) in [5.41, 5.74) is 12.5. The number of primary amides is 1. The number of ether oxygens (including phenoxy) is 2. The van der Waals surface area contributed by atoms with Crippen LogP contribution in [0.25, 0.3) is 0 Å². The Hall–Kier alpha value is -2.68. The van der Waals surface area contributed by atoms with Gasteiger partial charge in [0.15, 0.2) is 0 Å². The molecule has 1 atom stereocenters. The van der Waals surface area contributed by atoms with Gasteiger partial charge in [0.05, 0.1) is 23.4 Å². The number of carbonyl (C=O) groups excluding carboxylic acids is 2. The third kappa shape index (κ3) is 6.91. The highest BCUT2D eigenvalue weighted by molar-refractivity contribution is 6.33. The number of methoxy groups -OCH3 is 1. The minimum absolute atomic E-state index is 0.243. The van der Waals surface area contributed by atoms with E-state index in [1.54, 1.807) is 12.1 Å². The number of nitrogens with zero attached hydrogens (tertiary/aromatic N) is 1. The number of piperidine rings is 1. The van der Waals surface area contributed by atoms with Gasteiger partial charge in [-0.25, -0.2) is 4.79 Å². The van der Waals surface area contributed by atoms with Gasteiger partial charge in [-0.15, -0.1) is 0 Å². The molecule has 0 aliphatic carbocycles. The fraction of sp³-hybridized carbons (Fsp3) is 0.417. The highest BCUT2D eigenvalue weighted by Gasteiger charge is 2.24. The van der Waals surface area contributed by atoms with Gasteiger partial charge >= 0.3 is 6.09 Å². The molecule has 10 heteroatoms. The molecule has 2 amide bonds. The number of rotatable bonds is 9. The van der Waals surface area contributed by atoms with E-state index in [-0.39, 0.29) is 5.91 Å². The van der Waals surface area contributed by atoms with Crippen LogP contribution in [0.5, 0.6) is 5.75 Å². The van der Waals surface area contributed by atoms with Crippen molar-refractivity contribution in [3.8, 4) is 5.75 Å². The maximum absolute atomic E-state index is 12.7. The first-order valence-electron chi connectivity index (χ1n) is 11.1. The van der Waals surface area contributed by atoms with Crippen molar-refractivity contribution < 1.29 is 19.1 Å². The predicted octanol–water partition coefficient (Wildman–Crippen LogP) is 4.25. The number of amides is 2. The molecule has 0 radical (unpaired) electrons. The summed E-state index contributed by atoms with van der Waals surface area (Å²) >= 11 is 12.4. The smallest absolute Gasteiger partial charge is 0.405 e. The third-order valence-corrected chi connectivity index (χ3v) is 6.71. The summed E-state index contributed by atoms with van der Waals surface area (Å²) in [4.78, 5) is 26.4. The van der Waals surface area contributed by atoms with Crippen LogP contribution < -0.4 is 21.5 Å². The molecule has 0 saturated carbocycles. The Labute approximate surface area is 209 Å². The van der Waals surface area contributed by atoms with Crippen LogP contribution in [-0.4, -0.2) is 50.2 Å². The Balaban J connectivity index is 1.48. The molecule has 0 aromatic heterocycles. The monoisotopic (exact) mass is 508 g/mol. The van der Waals surface area contributed by atoms with Crippen LogP contribution >= 0.6 is 23.2 Å². The van der Waals surface area contributed by atoms with E-state index in [0.29, 0.717) is 45.9 Å². The van der Waals surface area contributed by atoms with E-state index in [1.165, 1.54) is 13.2 Å². The number of nitrogen functional groups attached to an aromatic ring is 1. The molecule has 1 heterocycles. The van der Waals surface area contributed by atoms with E-state index in [0.717, 1.165) is 38.0 Å². The maximum Gasteiger partial charge on any atom is 0.405 e. The summed E-state index contributed by atoms with van der Waals surface area (Å²) in [6.45, 7) is 3.06. The zero-order valence-corrected chi connectivity index (χ0v) is 20.6.